The van der Waals surface area contributed by atoms with Crippen molar-refractivity contribution < 1.29 is 17.2 Å². The van der Waals surface area contributed by atoms with Gasteiger partial charge in [0.05, 0.1) is 4.90 Å². The maximum Gasteiger partial charge on any atom is 0.243 e. The van der Waals surface area contributed by atoms with Crippen LogP contribution >= 0.6 is 0 Å². The minimum Gasteiger partial charge on any atom is -0.329 e. The number of hydrogen-bond acceptors (Lipinski definition) is 3. The van der Waals surface area contributed by atoms with Crippen LogP contribution in [0.3, 0.4) is 0 Å². The molecule has 0 amide bonds. The van der Waals surface area contributed by atoms with E-state index < -0.39 is 27.2 Å². The van der Waals surface area contributed by atoms with E-state index in [2.05, 4.69) is 0 Å². The zero-order valence-corrected chi connectivity index (χ0v) is 12.7. The van der Waals surface area contributed by atoms with Crippen molar-refractivity contribution in [3.63, 3.8) is 0 Å². The minimum atomic E-state index is -3.93. The van der Waals surface area contributed by atoms with Gasteiger partial charge < -0.3 is 5.73 Å². The van der Waals surface area contributed by atoms with Crippen molar-refractivity contribution in [2.45, 2.75) is 37.6 Å². The van der Waals surface area contributed by atoms with Gasteiger partial charge in [-0.15, -0.1) is 0 Å². The third-order valence-electron chi connectivity index (χ3n) is 3.57. The Hall–Kier alpha value is -1.05. The topological polar surface area (TPSA) is 63.4 Å². The van der Waals surface area contributed by atoms with Gasteiger partial charge in [-0.05, 0) is 31.5 Å². The number of hydrogen-bond donors (Lipinski definition) is 1. The Balaban J connectivity index is 3.35. The zero-order chi connectivity index (χ0) is 15.6. The molecule has 1 atom stereocenters. The van der Waals surface area contributed by atoms with Crippen LogP contribution in [0.25, 0.3) is 0 Å². The van der Waals surface area contributed by atoms with E-state index in [0.29, 0.717) is 12.5 Å². The predicted octanol–water partition coefficient (Wildman–Crippen LogP) is 2.10. The lowest BCUT2D eigenvalue weighted by Crippen LogP contribution is -2.53. The molecule has 1 unspecified atom stereocenters. The van der Waals surface area contributed by atoms with E-state index in [1.807, 2.05) is 6.92 Å². The number of halogens is 2. The molecule has 0 bridgehead atoms. The van der Waals surface area contributed by atoms with E-state index >= 15 is 0 Å². The molecule has 0 aromatic heterocycles. The normalized spacial score (nSPS) is 15.3. The van der Waals surface area contributed by atoms with E-state index in [9.17, 15) is 17.2 Å². The molecule has 20 heavy (non-hydrogen) atoms. The minimum absolute atomic E-state index is 0.139. The van der Waals surface area contributed by atoms with Crippen molar-refractivity contribution in [1.29, 1.82) is 0 Å². The molecular weight excluding hydrogens is 286 g/mol. The fraction of sp³-hybridized carbons (Fsp3) is 0.538. The smallest absolute Gasteiger partial charge is 0.243 e. The Morgan fingerprint density at radius 2 is 1.85 bits per heavy atom. The molecular formula is C13H20F2N2O2S. The Labute approximate surface area is 118 Å². The SMILES string of the molecule is CCN(C(C)(CC)CN)S(=O)(=O)c1ccc(F)c(F)c1. The zero-order valence-electron chi connectivity index (χ0n) is 11.9. The molecule has 0 aliphatic heterocycles. The standard InChI is InChI=1S/C13H20F2N2O2S/c1-4-13(3,9-16)17(5-2)20(18,19)10-6-7-11(14)12(15)8-10/h6-8H,4-5,9,16H2,1-3H3. The van der Waals surface area contributed by atoms with Crippen LogP contribution in [-0.4, -0.2) is 31.4 Å². The maximum atomic E-state index is 13.3. The maximum absolute atomic E-state index is 13.3. The number of benzene rings is 1. The number of rotatable bonds is 6. The van der Waals surface area contributed by atoms with E-state index in [-0.39, 0.29) is 18.0 Å². The van der Waals surface area contributed by atoms with E-state index in [1.165, 1.54) is 4.31 Å². The van der Waals surface area contributed by atoms with Crippen LogP contribution in [0.15, 0.2) is 23.1 Å². The molecule has 2 N–H and O–H groups in total. The van der Waals surface area contributed by atoms with Crippen LogP contribution in [0, 0.1) is 11.6 Å². The number of nitrogens with zero attached hydrogens (tertiary/aromatic N) is 1. The number of sulfonamides is 1. The molecule has 114 valence electrons. The first-order valence-corrected chi connectivity index (χ1v) is 7.85. The summed E-state index contributed by atoms with van der Waals surface area (Å²) in [6, 6.07) is 2.56. The third kappa shape index (κ3) is 2.99. The largest absolute Gasteiger partial charge is 0.329 e. The summed E-state index contributed by atoms with van der Waals surface area (Å²) in [4.78, 5) is -0.272. The lowest BCUT2D eigenvalue weighted by Gasteiger charge is -2.38. The highest BCUT2D eigenvalue weighted by molar-refractivity contribution is 7.89. The van der Waals surface area contributed by atoms with Gasteiger partial charge in [0, 0.05) is 18.6 Å². The molecule has 0 heterocycles. The lowest BCUT2D eigenvalue weighted by atomic mass is 9.99. The summed E-state index contributed by atoms with van der Waals surface area (Å²) in [5, 5.41) is 0. The van der Waals surface area contributed by atoms with Crippen molar-refractivity contribution in [2.24, 2.45) is 5.73 Å². The summed E-state index contributed by atoms with van der Waals surface area (Å²) in [6.45, 7) is 5.58. The molecule has 4 nitrogen and oxygen atoms in total. The fourth-order valence-corrected chi connectivity index (χ4v) is 3.90. The second-order valence-electron chi connectivity index (χ2n) is 4.80. The van der Waals surface area contributed by atoms with Crippen LogP contribution in [0.2, 0.25) is 0 Å². The molecule has 0 saturated carbocycles. The highest BCUT2D eigenvalue weighted by atomic mass is 32.2. The molecule has 0 saturated heterocycles. The van der Waals surface area contributed by atoms with Gasteiger partial charge in [0.1, 0.15) is 0 Å². The quantitative estimate of drug-likeness (QED) is 0.875. The first-order valence-electron chi connectivity index (χ1n) is 6.41. The van der Waals surface area contributed by atoms with Gasteiger partial charge in [-0.1, -0.05) is 13.8 Å². The monoisotopic (exact) mass is 306 g/mol. The Morgan fingerprint density at radius 3 is 2.25 bits per heavy atom. The second-order valence-corrected chi connectivity index (χ2v) is 6.66. The average molecular weight is 306 g/mol. The highest BCUT2D eigenvalue weighted by Gasteiger charge is 2.37. The lowest BCUT2D eigenvalue weighted by molar-refractivity contribution is 0.214. The summed E-state index contributed by atoms with van der Waals surface area (Å²) >= 11 is 0. The first-order chi connectivity index (χ1) is 9.22. The van der Waals surface area contributed by atoms with E-state index in [1.54, 1.807) is 13.8 Å². The van der Waals surface area contributed by atoms with Crippen LogP contribution in [-0.2, 0) is 10.0 Å². The predicted molar refractivity (Wildman–Crippen MR) is 73.7 cm³/mol. The molecule has 0 aliphatic rings. The van der Waals surface area contributed by atoms with Gasteiger partial charge in [0.2, 0.25) is 10.0 Å². The molecule has 1 aromatic carbocycles. The van der Waals surface area contributed by atoms with Crippen LogP contribution in [0.1, 0.15) is 27.2 Å². The van der Waals surface area contributed by atoms with Crippen LogP contribution < -0.4 is 5.73 Å². The molecule has 0 radical (unpaired) electrons. The van der Waals surface area contributed by atoms with E-state index in [4.69, 9.17) is 5.73 Å². The van der Waals surface area contributed by atoms with Crippen LogP contribution in [0.5, 0.6) is 0 Å². The highest BCUT2D eigenvalue weighted by Crippen LogP contribution is 2.27. The van der Waals surface area contributed by atoms with Gasteiger partial charge in [-0.3, -0.25) is 0 Å². The fourth-order valence-electron chi connectivity index (χ4n) is 2.03. The second kappa shape index (κ2) is 6.15. The Bertz CT molecular complexity index is 572. The summed E-state index contributed by atoms with van der Waals surface area (Å²) < 4.78 is 52.6. The molecule has 0 aliphatic carbocycles. The average Bonchev–Trinajstić information content (AvgIpc) is 2.41. The van der Waals surface area contributed by atoms with E-state index in [0.717, 1.165) is 12.1 Å². The van der Waals surface area contributed by atoms with Crippen molar-refractivity contribution in [1.82, 2.24) is 4.31 Å². The number of nitrogens with two attached hydrogens (primary N) is 1. The van der Waals surface area contributed by atoms with Crippen molar-refractivity contribution in [3.8, 4) is 0 Å². The third-order valence-corrected chi connectivity index (χ3v) is 5.70. The van der Waals surface area contributed by atoms with Crippen molar-refractivity contribution in [3.05, 3.63) is 29.8 Å². The van der Waals surface area contributed by atoms with Gasteiger partial charge in [-0.2, -0.15) is 4.31 Å². The molecule has 1 rings (SSSR count). The number of likely N-dealkylation sites (N-methyl/N-ethyl adjacent to an activating group) is 1. The van der Waals surface area contributed by atoms with Crippen molar-refractivity contribution in [2.75, 3.05) is 13.1 Å². The molecule has 0 fully saturated rings. The first kappa shape index (κ1) is 17.0. The summed E-state index contributed by atoms with van der Waals surface area (Å²) in [6.07, 6.45) is 0.514. The van der Waals surface area contributed by atoms with Crippen LogP contribution in [0.4, 0.5) is 8.78 Å². The van der Waals surface area contributed by atoms with Crippen molar-refractivity contribution >= 4 is 10.0 Å². The van der Waals surface area contributed by atoms with Gasteiger partial charge in [0.15, 0.2) is 11.6 Å². The van der Waals surface area contributed by atoms with Gasteiger partial charge in [-0.25, -0.2) is 17.2 Å². The molecule has 1 aromatic rings. The van der Waals surface area contributed by atoms with Gasteiger partial charge in [0.25, 0.3) is 0 Å². The summed E-state index contributed by atoms with van der Waals surface area (Å²) in [7, 11) is -3.93. The summed E-state index contributed by atoms with van der Waals surface area (Å²) in [5.74, 6) is -2.27. The Kier molecular flexibility index (Phi) is 5.23. The Morgan fingerprint density at radius 1 is 1.25 bits per heavy atom. The van der Waals surface area contributed by atoms with Gasteiger partial charge >= 0.3 is 0 Å². The molecule has 0 spiro atoms. The summed E-state index contributed by atoms with van der Waals surface area (Å²) in [5.41, 5.74) is 4.92. The molecule has 7 heteroatoms.